The molecule has 0 saturated carbocycles. The number of nitrogens with two attached hydrogens (primary N) is 2. The van der Waals surface area contributed by atoms with Crippen LogP contribution in [0.3, 0.4) is 0 Å². The molecule has 0 aliphatic carbocycles. The number of nitrogen functional groups attached to an aromatic ring is 1. The first-order valence-corrected chi connectivity index (χ1v) is 11.6. The Labute approximate surface area is 200 Å². The molecular weight excluding hydrogens is 430 g/mol. The molecule has 10 heteroatoms. The number of hydrogen-bond donors (Lipinski definition) is 3. The Morgan fingerprint density at radius 2 is 1.94 bits per heavy atom. The maximum absolute atomic E-state index is 11.0. The summed E-state index contributed by atoms with van der Waals surface area (Å²) in [7, 11) is 2.13. The van der Waals surface area contributed by atoms with Crippen molar-refractivity contribution in [1.82, 2.24) is 14.9 Å². The highest BCUT2D eigenvalue weighted by Gasteiger charge is 2.26. The number of aromatic nitrogens is 2. The monoisotopic (exact) mass is 463 g/mol. The van der Waals surface area contributed by atoms with Crippen molar-refractivity contribution >= 4 is 35.9 Å². The van der Waals surface area contributed by atoms with Crippen molar-refractivity contribution in [2.75, 3.05) is 55.3 Å². The second-order valence-electron chi connectivity index (χ2n) is 9.09. The zero-order valence-electron chi connectivity index (χ0n) is 19.8. The smallest absolute Gasteiger partial charge is 0.239 e. The molecule has 1 saturated heterocycles. The van der Waals surface area contributed by atoms with Crippen LogP contribution in [0.5, 0.6) is 0 Å². The number of carbonyl (C=O) groups is 1. The Balaban J connectivity index is 1.58. The lowest BCUT2D eigenvalue weighted by molar-refractivity contribution is -0.116. The quantitative estimate of drug-likeness (QED) is 0.521. The van der Waals surface area contributed by atoms with Crippen LogP contribution in [0.2, 0.25) is 0 Å². The molecule has 2 unspecified atom stereocenters. The molecule has 5 N–H and O–H groups in total. The molecule has 1 fully saturated rings. The molecule has 2 aliphatic rings. The number of primary amides is 1. The summed E-state index contributed by atoms with van der Waals surface area (Å²) in [6.07, 6.45) is 3.81. The molecule has 1 amide bonds. The summed E-state index contributed by atoms with van der Waals surface area (Å²) < 4.78 is 0. The van der Waals surface area contributed by atoms with Gasteiger partial charge in [0.2, 0.25) is 11.9 Å². The molecule has 2 atom stereocenters. The van der Waals surface area contributed by atoms with E-state index < -0.39 is 5.91 Å². The van der Waals surface area contributed by atoms with E-state index in [0.717, 1.165) is 49.8 Å². The van der Waals surface area contributed by atoms with Gasteiger partial charge in [0, 0.05) is 57.3 Å². The van der Waals surface area contributed by atoms with E-state index in [1.54, 1.807) is 6.21 Å². The summed E-state index contributed by atoms with van der Waals surface area (Å²) in [6, 6.07) is 8.57. The van der Waals surface area contributed by atoms with Crippen molar-refractivity contribution in [3.05, 3.63) is 41.0 Å². The number of anilines is 3. The van der Waals surface area contributed by atoms with Crippen molar-refractivity contribution in [3.63, 3.8) is 0 Å². The molecule has 2 aromatic rings. The zero-order valence-corrected chi connectivity index (χ0v) is 19.8. The fraction of sp³-hybridized carbons (Fsp3) is 0.458. The molecule has 1 aromatic carbocycles. The van der Waals surface area contributed by atoms with Gasteiger partial charge in [-0.05, 0) is 37.1 Å². The second kappa shape index (κ2) is 10.2. The lowest BCUT2D eigenvalue weighted by atomic mass is 9.90. The van der Waals surface area contributed by atoms with E-state index in [1.165, 1.54) is 17.3 Å². The number of aliphatic imine (C=N–C) groups is 1. The molecule has 0 radical (unpaired) electrons. The third kappa shape index (κ3) is 5.33. The van der Waals surface area contributed by atoms with Gasteiger partial charge in [-0.25, -0.2) is 0 Å². The van der Waals surface area contributed by atoms with Gasteiger partial charge in [0.1, 0.15) is 18.2 Å². The van der Waals surface area contributed by atoms with E-state index in [-0.39, 0.29) is 24.5 Å². The number of amides is 1. The van der Waals surface area contributed by atoms with Crippen LogP contribution in [0.4, 0.5) is 17.6 Å². The van der Waals surface area contributed by atoms with Crippen molar-refractivity contribution in [3.8, 4) is 0 Å². The Morgan fingerprint density at radius 3 is 2.65 bits per heavy atom. The average molecular weight is 464 g/mol. The third-order valence-corrected chi connectivity index (χ3v) is 6.53. The van der Waals surface area contributed by atoms with Gasteiger partial charge >= 0.3 is 0 Å². The highest BCUT2D eigenvalue weighted by molar-refractivity contribution is 5.90. The summed E-state index contributed by atoms with van der Waals surface area (Å²) >= 11 is 0. The average Bonchev–Trinajstić information content (AvgIpc) is 2.81. The van der Waals surface area contributed by atoms with Crippen molar-refractivity contribution in [1.29, 1.82) is 5.41 Å². The van der Waals surface area contributed by atoms with E-state index >= 15 is 0 Å². The molecule has 0 bridgehead atoms. The highest BCUT2D eigenvalue weighted by atomic mass is 16.1. The minimum atomic E-state index is -0.491. The fourth-order valence-electron chi connectivity index (χ4n) is 4.54. The first kappa shape index (κ1) is 23.6. The van der Waals surface area contributed by atoms with Crippen LogP contribution in [0, 0.1) is 5.41 Å². The summed E-state index contributed by atoms with van der Waals surface area (Å²) in [4.78, 5) is 31.0. The number of likely N-dealkylation sites (N-methyl/N-ethyl adjacent to an activating group) is 1. The van der Waals surface area contributed by atoms with Crippen LogP contribution in [-0.4, -0.2) is 79.0 Å². The van der Waals surface area contributed by atoms with Crippen molar-refractivity contribution < 1.29 is 4.79 Å². The van der Waals surface area contributed by atoms with Gasteiger partial charge in [-0.3, -0.25) is 9.79 Å². The van der Waals surface area contributed by atoms with Gasteiger partial charge in [-0.15, -0.1) is 0 Å². The predicted octanol–water partition coefficient (Wildman–Crippen LogP) is 1.05. The van der Waals surface area contributed by atoms with E-state index in [2.05, 4.69) is 55.8 Å². The zero-order chi connectivity index (χ0) is 24.2. The highest BCUT2D eigenvalue weighted by Crippen LogP contribution is 2.31. The van der Waals surface area contributed by atoms with Crippen molar-refractivity contribution in [2.24, 2.45) is 10.7 Å². The molecule has 10 nitrogen and oxygen atoms in total. The fourth-order valence-corrected chi connectivity index (χ4v) is 4.54. The normalized spacial score (nSPS) is 19.8. The van der Waals surface area contributed by atoms with E-state index in [0.29, 0.717) is 6.54 Å². The number of rotatable bonds is 7. The lowest BCUT2D eigenvalue weighted by Gasteiger charge is -2.37. The Kier molecular flexibility index (Phi) is 7.06. The third-order valence-electron chi connectivity index (χ3n) is 6.53. The predicted molar refractivity (Wildman–Crippen MR) is 136 cm³/mol. The van der Waals surface area contributed by atoms with Gasteiger partial charge in [0.25, 0.3) is 0 Å². The largest absolute Gasteiger partial charge is 0.368 e. The van der Waals surface area contributed by atoms with Crippen LogP contribution in [-0.2, 0) is 17.8 Å². The molecule has 0 spiro atoms. The number of carbonyl (C=O) groups excluding carboxylic acids is 1. The van der Waals surface area contributed by atoms with Crippen LogP contribution in [0.1, 0.15) is 29.5 Å². The molecule has 34 heavy (non-hydrogen) atoms. The number of fused-ring (bicyclic) bond motifs is 1. The van der Waals surface area contributed by atoms with Crippen LogP contribution >= 0.6 is 0 Å². The standard InChI is InChI=1S/C24H33N9O/c1-16-9-17-3-4-18(20(12-25)13-28-14-21(26)34)10-19(17)15-33(16)23-11-22(29-24(27)30-23)32-7-5-31(2)6-8-32/h3-4,10-13,16,20,25H,5-9,14-15H2,1-2H3,(H2,26,34)(H2,27,29,30). The van der Waals surface area contributed by atoms with E-state index in [9.17, 15) is 4.79 Å². The first-order chi connectivity index (χ1) is 16.3. The summed E-state index contributed by atoms with van der Waals surface area (Å²) in [5.41, 5.74) is 14.7. The topological polar surface area (TPSA) is 141 Å². The molecule has 4 rings (SSSR count). The Morgan fingerprint density at radius 1 is 1.21 bits per heavy atom. The van der Waals surface area contributed by atoms with Gasteiger partial charge in [0.05, 0.1) is 5.92 Å². The minimum Gasteiger partial charge on any atom is -0.368 e. The summed E-state index contributed by atoms with van der Waals surface area (Å²) in [5.74, 6) is 1.19. The maximum atomic E-state index is 11.0. The minimum absolute atomic E-state index is 0.0780. The molecule has 3 heterocycles. The number of benzene rings is 1. The molecular formula is C24H33N9O. The SMILES string of the molecule is CC1Cc2ccc(C(C=N)C=NCC(N)=O)cc2CN1c1cc(N2CCN(C)CC2)nc(N)n1. The first-order valence-electron chi connectivity index (χ1n) is 11.6. The lowest BCUT2D eigenvalue weighted by Crippen LogP contribution is -2.45. The van der Waals surface area contributed by atoms with E-state index in [1.807, 2.05) is 12.1 Å². The van der Waals surface area contributed by atoms with Crippen LogP contribution in [0.25, 0.3) is 0 Å². The number of nitrogens with one attached hydrogen (secondary N) is 1. The van der Waals surface area contributed by atoms with Gasteiger partial charge in [-0.1, -0.05) is 18.2 Å². The second-order valence-corrected chi connectivity index (χ2v) is 9.09. The maximum Gasteiger partial charge on any atom is 0.239 e. The number of piperazine rings is 1. The Hall–Kier alpha value is -3.53. The van der Waals surface area contributed by atoms with Gasteiger partial charge < -0.3 is 31.6 Å². The van der Waals surface area contributed by atoms with Gasteiger partial charge in [0.15, 0.2) is 0 Å². The van der Waals surface area contributed by atoms with Crippen molar-refractivity contribution in [2.45, 2.75) is 31.8 Å². The van der Waals surface area contributed by atoms with E-state index in [4.69, 9.17) is 16.9 Å². The van der Waals surface area contributed by atoms with Crippen LogP contribution < -0.4 is 21.3 Å². The number of nitrogens with zero attached hydrogens (tertiary/aromatic N) is 6. The molecule has 180 valence electrons. The number of hydrogen-bond acceptors (Lipinski definition) is 9. The summed E-state index contributed by atoms with van der Waals surface area (Å²) in [5, 5.41) is 7.81. The molecule has 1 aromatic heterocycles. The molecule has 2 aliphatic heterocycles. The Bertz CT molecular complexity index is 1080. The summed E-state index contributed by atoms with van der Waals surface area (Å²) in [6.45, 7) is 6.62. The van der Waals surface area contributed by atoms with Crippen LogP contribution in [0.15, 0.2) is 29.3 Å². The van der Waals surface area contributed by atoms with Gasteiger partial charge in [-0.2, -0.15) is 9.97 Å².